The zero-order chi connectivity index (χ0) is 16.3. The molecule has 4 nitrogen and oxygen atoms in total. The number of hydrogen-bond donors (Lipinski definition) is 1. The summed E-state index contributed by atoms with van der Waals surface area (Å²) in [6.45, 7) is 2.81. The van der Waals surface area contributed by atoms with E-state index in [4.69, 9.17) is 28.5 Å². The van der Waals surface area contributed by atoms with E-state index >= 15 is 0 Å². The minimum atomic E-state index is -0.572. The number of nitrogens with one attached hydrogen (secondary N) is 1. The molecule has 1 saturated heterocycles. The lowest BCUT2D eigenvalue weighted by atomic mass is 9.99. The molecular weight excluding hydrogens is 328 g/mol. The monoisotopic (exact) mass is 343 g/mol. The van der Waals surface area contributed by atoms with Crippen LogP contribution in [0.5, 0.6) is 0 Å². The van der Waals surface area contributed by atoms with Crippen molar-refractivity contribution in [3.05, 3.63) is 33.6 Å². The standard InChI is InChI=1S/C15H16Cl2FN3O/c1-9(11-6-14(18)13(17)7-12(11)16)20-15(22)21-4-2-10(8-19)3-5-21/h6-7,9-10H,2-5H2,1H3,(H,20,22)/t9-/m0/s1. The van der Waals surface area contributed by atoms with Gasteiger partial charge in [-0.1, -0.05) is 23.2 Å². The summed E-state index contributed by atoms with van der Waals surface area (Å²) < 4.78 is 13.5. The Labute approximate surface area is 138 Å². The van der Waals surface area contributed by atoms with Crippen LogP contribution >= 0.6 is 23.2 Å². The third-order valence-corrected chi connectivity index (χ3v) is 4.43. The third kappa shape index (κ3) is 3.82. The Balaban J connectivity index is 2.00. The summed E-state index contributed by atoms with van der Waals surface area (Å²) in [5.41, 5.74) is 0.476. The zero-order valence-corrected chi connectivity index (χ0v) is 13.6. The van der Waals surface area contributed by atoms with Crippen LogP contribution in [0.25, 0.3) is 0 Å². The molecule has 2 amide bonds. The maximum atomic E-state index is 13.5. The number of carbonyl (C=O) groups is 1. The van der Waals surface area contributed by atoms with E-state index in [2.05, 4.69) is 11.4 Å². The van der Waals surface area contributed by atoms with Crippen LogP contribution in [0.1, 0.15) is 31.4 Å². The number of likely N-dealkylation sites (tertiary alicyclic amines) is 1. The number of nitrogens with zero attached hydrogens (tertiary/aromatic N) is 2. The van der Waals surface area contributed by atoms with Gasteiger partial charge in [0.15, 0.2) is 0 Å². The van der Waals surface area contributed by atoms with Crippen molar-refractivity contribution in [3.8, 4) is 6.07 Å². The second-order valence-electron chi connectivity index (χ2n) is 5.35. The lowest BCUT2D eigenvalue weighted by Crippen LogP contribution is -2.45. The van der Waals surface area contributed by atoms with Gasteiger partial charge in [-0.05, 0) is 37.5 Å². The molecule has 118 valence electrons. The summed E-state index contributed by atoms with van der Waals surface area (Å²) in [6, 6.07) is 4.10. The molecule has 1 aliphatic rings. The second kappa shape index (κ2) is 7.17. The van der Waals surface area contributed by atoms with Crippen LogP contribution in [0.2, 0.25) is 10.0 Å². The van der Waals surface area contributed by atoms with E-state index in [0.29, 0.717) is 36.5 Å². The van der Waals surface area contributed by atoms with Gasteiger partial charge in [0.2, 0.25) is 0 Å². The van der Waals surface area contributed by atoms with Crippen LogP contribution in [0.15, 0.2) is 12.1 Å². The van der Waals surface area contributed by atoms with Crippen molar-refractivity contribution in [3.63, 3.8) is 0 Å². The van der Waals surface area contributed by atoms with Gasteiger partial charge in [-0.15, -0.1) is 0 Å². The lowest BCUT2D eigenvalue weighted by Gasteiger charge is -2.30. The number of rotatable bonds is 2. The molecule has 1 aliphatic heterocycles. The van der Waals surface area contributed by atoms with E-state index in [1.165, 1.54) is 12.1 Å². The van der Waals surface area contributed by atoms with E-state index in [1.54, 1.807) is 11.8 Å². The molecule has 0 saturated carbocycles. The molecule has 2 rings (SSSR count). The Kier molecular flexibility index (Phi) is 5.49. The highest BCUT2D eigenvalue weighted by molar-refractivity contribution is 6.35. The van der Waals surface area contributed by atoms with Gasteiger partial charge in [-0.2, -0.15) is 5.26 Å². The van der Waals surface area contributed by atoms with Crippen molar-refractivity contribution in [1.82, 2.24) is 10.2 Å². The van der Waals surface area contributed by atoms with Crippen LogP contribution in [-0.2, 0) is 0 Å². The maximum Gasteiger partial charge on any atom is 0.317 e. The average Bonchev–Trinajstić information content (AvgIpc) is 2.50. The number of benzene rings is 1. The Morgan fingerprint density at radius 2 is 2.05 bits per heavy atom. The number of halogens is 3. The summed E-state index contributed by atoms with van der Waals surface area (Å²) in [5.74, 6) is -0.557. The van der Waals surface area contributed by atoms with E-state index in [-0.39, 0.29) is 17.0 Å². The first-order valence-electron chi connectivity index (χ1n) is 7.02. The number of piperidine rings is 1. The van der Waals surface area contributed by atoms with Crippen molar-refractivity contribution in [2.24, 2.45) is 5.92 Å². The first-order chi connectivity index (χ1) is 10.4. The van der Waals surface area contributed by atoms with Gasteiger partial charge in [-0.3, -0.25) is 0 Å². The van der Waals surface area contributed by atoms with Crippen molar-refractivity contribution >= 4 is 29.2 Å². The van der Waals surface area contributed by atoms with Gasteiger partial charge in [0.05, 0.1) is 17.1 Å². The van der Waals surface area contributed by atoms with Crippen LogP contribution in [0.4, 0.5) is 9.18 Å². The molecule has 1 fully saturated rings. The van der Waals surface area contributed by atoms with Crippen molar-refractivity contribution < 1.29 is 9.18 Å². The highest BCUT2D eigenvalue weighted by atomic mass is 35.5. The summed E-state index contributed by atoms with van der Waals surface area (Å²) in [5, 5.41) is 11.9. The zero-order valence-electron chi connectivity index (χ0n) is 12.1. The second-order valence-corrected chi connectivity index (χ2v) is 6.16. The Morgan fingerprint density at radius 1 is 1.41 bits per heavy atom. The summed E-state index contributed by atoms with van der Waals surface area (Å²) in [6.07, 6.45) is 1.35. The van der Waals surface area contributed by atoms with Gasteiger partial charge >= 0.3 is 6.03 Å². The molecule has 0 unspecified atom stereocenters. The highest BCUT2D eigenvalue weighted by Gasteiger charge is 2.24. The number of amides is 2. The van der Waals surface area contributed by atoms with Crippen molar-refractivity contribution in [1.29, 1.82) is 5.26 Å². The van der Waals surface area contributed by atoms with E-state index in [9.17, 15) is 9.18 Å². The topological polar surface area (TPSA) is 56.1 Å². The molecule has 7 heteroatoms. The molecule has 0 radical (unpaired) electrons. The highest BCUT2D eigenvalue weighted by Crippen LogP contribution is 2.28. The van der Waals surface area contributed by atoms with Gasteiger partial charge in [0.25, 0.3) is 0 Å². The molecule has 1 N–H and O–H groups in total. The molecule has 1 heterocycles. The molecule has 1 aromatic carbocycles. The van der Waals surface area contributed by atoms with Gasteiger partial charge in [0.1, 0.15) is 5.82 Å². The largest absolute Gasteiger partial charge is 0.331 e. The Bertz CT molecular complexity index is 610. The van der Waals surface area contributed by atoms with Gasteiger partial charge in [-0.25, -0.2) is 9.18 Å². The van der Waals surface area contributed by atoms with E-state index in [1.807, 2.05) is 0 Å². The van der Waals surface area contributed by atoms with Crippen LogP contribution in [-0.4, -0.2) is 24.0 Å². The average molecular weight is 344 g/mol. The maximum absolute atomic E-state index is 13.5. The van der Waals surface area contributed by atoms with Crippen LogP contribution in [0.3, 0.4) is 0 Å². The Morgan fingerprint density at radius 3 is 2.64 bits per heavy atom. The quantitative estimate of drug-likeness (QED) is 0.820. The SMILES string of the molecule is C[C@H](NC(=O)N1CCC(C#N)CC1)c1cc(F)c(Cl)cc1Cl. The normalized spacial score (nSPS) is 17.0. The Hall–Kier alpha value is -1.51. The van der Waals surface area contributed by atoms with Gasteiger partial charge < -0.3 is 10.2 Å². The van der Waals surface area contributed by atoms with Crippen molar-refractivity contribution in [2.45, 2.75) is 25.8 Å². The molecule has 0 spiro atoms. The number of carbonyl (C=O) groups excluding carboxylic acids is 1. The number of nitriles is 1. The first kappa shape index (κ1) is 16.9. The third-order valence-electron chi connectivity index (χ3n) is 3.81. The smallest absolute Gasteiger partial charge is 0.317 e. The fraction of sp³-hybridized carbons (Fsp3) is 0.467. The predicted molar refractivity (Wildman–Crippen MR) is 83.3 cm³/mol. The van der Waals surface area contributed by atoms with Gasteiger partial charge in [0, 0.05) is 24.0 Å². The predicted octanol–water partition coefficient (Wildman–Crippen LogP) is 4.14. The number of hydrogen-bond acceptors (Lipinski definition) is 2. The van der Waals surface area contributed by atoms with Crippen LogP contribution < -0.4 is 5.32 Å². The minimum Gasteiger partial charge on any atom is -0.331 e. The molecular formula is C15H16Cl2FN3O. The van der Waals surface area contributed by atoms with Crippen LogP contribution in [0, 0.1) is 23.1 Å². The lowest BCUT2D eigenvalue weighted by molar-refractivity contribution is 0.176. The van der Waals surface area contributed by atoms with E-state index in [0.717, 1.165) is 0 Å². The molecule has 0 aliphatic carbocycles. The summed E-state index contributed by atoms with van der Waals surface area (Å²) in [4.78, 5) is 13.9. The summed E-state index contributed by atoms with van der Waals surface area (Å²) >= 11 is 11.7. The van der Waals surface area contributed by atoms with E-state index < -0.39 is 11.9 Å². The fourth-order valence-electron chi connectivity index (χ4n) is 2.44. The summed E-state index contributed by atoms with van der Waals surface area (Å²) in [7, 11) is 0. The van der Waals surface area contributed by atoms with Crippen molar-refractivity contribution in [2.75, 3.05) is 13.1 Å². The minimum absolute atomic E-state index is 0.0151. The molecule has 0 bridgehead atoms. The number of urea groups is 1. The molecule has 22 heavy (non-hydrogen) atoms. The fourth-order valence-corrected chi connectivity index (χ4v) is 2.98. The molecule has 1 aromatic rings. The first-order valence-corrected chi connectivity index (χ1v) is 7.77. The molecule has 1 atom stereocenters. The molecule has 0 aromatic heterocycles.